The molecule has 3 heteroatoms. The molecule has 1 fully saturated rings. The SMILES string of the molecule is CC1(C)CSCC2(C[C@H](N)c3ccccc3O2)C1. The Bertz CT molecular complexity index is 460. The van der Waals surface area contributed by atoms with Crippen molar-refractivity contribution in [3.8, 4) is 5.75 Å². The van der Waals surface area contributed by atoms with Gasteiger partial charge >= 0.3 is 0 Å². The van der Waals surface area contributed by atoms with Gasteiger partial charge in [-0.1, -0.05) is 32.0 Å². The lowest BCUT2D eigenvalue weighted by Gasteiger charge is -2.48. The molecule has 1 saturated heterocycles. The van der Waals surface area contributed by atoms with E-state index in [9.17, 15) is 0 Å². The maximum absolute atomic E-state index is 6.37. The lowest BCUT2D eigenvalue weighted by atomic mass is 9.76. The van der Waals surface area contributed by atoms with E-state index >= 15 is 0 Å². The predicted octanol–water partition coefficient (Wildman–Crippen LogP) is 3.37. The average Bonchev–Trinajstić information content (AvgIpc) is 2.27. The predicted molar refractivity (Wildman–Crippen MR) is 77.1 cm³/mol. The van der Waals surface area contributed by atoms with E-state index in [1.807, 2.05) is 23.9 Å². The summed E-state index contributed by atoms with van der Waals surface area (Å²) in [6.07, 6.45) is 2.05. The highest BCUT2D eigenvalue weighted by Gasteiger charge is 2.46. The van der Waals surface area contributed by atoms with E-state index in [4.69, 9.17) is 10.5 Å². The summed E-state index contributed by atoms with van der Waals surface area (Å²) in [6, 6.07) is 8.34. The average molecular weight is 263 g/mol. The second-order valence-corrected chi connectivity index (χ2v) is 7.45. The molecule has 1 aromatic carbocycles. The first-order valence-electron chi connectivity index (χ1n) is 6.61. The minimum Gasteiger partial charge on any atom is -0.486 e. The van der Waals surface area contributed by atoms with Gasteiger partial charge in [0.15, 0.2) is 0 Å². The molecule has 0 saturated carbocycles. The summed E-state index contributed by atoms with van der Waals surface area (Å²) in [5.41, 5.74) is 7.80. The number of thioether (sulfide) groups is 1. The number of nitrogens with two attached hydrogens (primary N) is 1. The lowest BCUT2D eigenvalue weighted by molar-refractivity contribution is 0.0167. The van der Waals surface area contributed by atoms with E-state index in [0.717, 1.165) is 29.9 Å². The van der Waals surface area contributed by atoms with E-state index in [2.05, 4.69) is 26.0 Å². The zero-order valence-corrected chi connectivity index (χ0v) is 11.9. The molecule has 2 aliphatic rings. The van der Waals surface area contributed by atoms with Crippen molar-refractivity contribution in [2.75, 3.05) is 11.5 Å². The number of para-hydroxylation sites is 1. The molecule has 2 atom stereocenters. The Morgan fingerprint density at radius 3 is 2.83 bits per heavy atom. The topological polar surface area (TPSA) is 35.2 Å². The Kier molecular flexibility index (Phi) is 2.87. The van der Waals surface area contributed by atoms with Gasteiger partial charge in [-0.2, -0.15) is 11.8 Å². The molecule has 2 aliphatic heterocycles. The van der Waals surface area contributed by atoms with Crippen LogP contribution in [-0.4, -0.2) is 17.1 Å². The first kappa shape index (κ1) is 12.4. The van der Waals surface area contributed by atoms with E-state index in [-0.39, 0.29) is 11.6 Å². The molecule has 0 aromatic heterocycles. The molecule has 1 unspecified atom stereocenters. The molecule has 1 aromatic rings. The lowest BCUT2D eigenvalue weighted by Crippen LogP contribution is -2.51. The Hall–Kier alpha value is -0.670. The molecule has 3 rings (SSSR count). The molecular formula is C15H21NOS. The van der Waals surface area contributed by atoms with Crippen LogP contribution in [0.1, 0.15) is 38.3 Å². The quantitative estimate of drug-likeness (QED) is 0.779. The normalized spacial score (nSPS) is 33.8. The minimum atomic E-state index is -0.0554. The van der Waals surface area contributed by atoms with Crippen molar-refractivity contribution < 1.29 is 4.74 Å². The highest BCUT2D eigenvalue weighted by Crippen LogP contribution is 2.48. The zero-order chi connectivity index (χ0) is 12.8. The standard InChI is InChI=1S/C15H21NOS/c1-14(2)8-15(10-18-9-14)7-12(16)11-5-3-4-6-13(11)17-15/h3-6,12H,7-10,16H2,1-2H3/t12-,15?/m0/s1. The number of hydrogen-bond acceptors (Lipinski definition) is 3. The Labute approximate surface area is 113 Å². The first-order chi connectivity index (χ1) is 8.50. The fourth-order valence-corrected chi connectivity index (χ4v) is 4.76. The fourth-order valence-electron chi connectivity index (χ4n) is 3.35. The monoisotopic (exact) mass is 263 g/mol. The molecule has 0 aliphatic carbocycles. The van der Waals surface area contributed by atoms with Crippen LogP contribution in [0.15, 0.2) is 24.3 Å². The second kappa shape index (κ2) is 4.17. The summed E-state index contributed by atoms with van der Waals surface area (Å²) in [6.45, 7) is 4.66. The van der Waals surface area contributed by atoms with Crippen LogP contribution in [0.3, 0.4) is 0 Å². The van der Waals surface area contributed by atoms with Crippen LogP contribution >= 0.6 is 11.8 Å². The van der Waals surface area contributed by atoms with Crippen LogP contribution in [0.25, 0.3) is 0 Å². The Morgan fingerprint density at radius 2 is 2.06 bits per heavy atom. The third kappa shape index (κ3) is 2.14. The van der Waals surface area contributed by atoms with Crippen molar-refractivity contribution in [3.05, 3.63) is 29.8 Å². The number of rotatable bonds is 0. The summed E-state index contributed by atoms with van der Waals surface area (Å²) in [5, 5.41) is 0. The van der Waals surface area contributed by atoms with E-state index in [0.29, 0.717) is 5.41 Å². The molecular weight excluding hydrogens is 242 g/mol. The second-order valence-electron chi connectivity index (χ2n) is 6.47. The summed E-state index contributed by atoms with van der Waals surface area (Å²) in [7, 11) is 0. The van der Waals surface area contributed by atoms with Gasteiger partial charge in [-0.25, -0.2) is 0 Å². The molecule has 98 valence electrons. The van der Waals surface area contributed by atoms with Gasteiger partial charge in [0.25, 0.3) is 0 Å². The molecule has 2 N–H and O–H groups in total. The van der Waals surface area contributed by atoms with Crippen LogP contribution in [0.2, 0.25) is 0 Å². The van der Waals surface area contributed by atoms with Gasteiger partial charge in [0.1, 0.15) is 11.4 Å². The number of ether oxygens (including phenoxy) is 1. The Morgan fingerprint density at radius 1 is 1.28 bits per heavy atom. The van der Waals surface area contributed by atoms with Crippen LogP contribution in [0.4, 0.5) is 0 Å². The van der Waals surface area contributed by atoms with Crippen LogP contribution in [0.5, 0.6) is 5.75 Å². The zero-order valence-electron chi connectivity index (χ0n) is 11.1. The maximum Gasteiger partial charge on any atom is 0.124 e. The molecule has 1 spiro atoms. The van der Waals surface area contributed by atoms with Gasteiger partial charge in [0, 0.05) is 23.8 Å². The fraction of sp³-hybridized carbons (Fsp3) is 0.600. The van der Waals surface area contributed by atoms with Crippen molar-refractivity contribution in [3.63, 3.8) is 0 Å². The van der Waals surface area contributed by atoms with Crippen LogP contribution in [0, 0.1) is 5.41 Å². The third-order valence-corrected chi connectivity index (χ3v) is 5.61. The van der Waals surface area contributed by atoms with Crippen molar-refractivity contribution in [2.24, 2.45) is 11.1 Å². The first-order valence-corrected chi connectivity index (χ1v) is 7.77. The number of hydrogen-bond donors (Lipinski definition) is 1. The van der Waals surface area contributed by atoms with Crippen molar-refractivity contribution >= 4 is 11.8 Å². The highest BCUT2D eigenvalue weighted by atomic mass is 32.2. The van der Waals surface area contributed by atoms with Gasteiger partial charge in [-0.15, -0.1) is 0 Å². The van der Waals surface area contributed by atoms with Crippen LogP contribution < -0.4 is 10.5 Å². The van der Waals surface area contributed by atoms with Gasteiger partial charge in [0.2, 0.25) is 0 Å². The van der Waals surface area contributed by atoms with Gasteiger partial charge < -0.3 is 10.5 Å². The molecule has 0 radical (unpaired) electrons. The maximum atomic E-state index is 6.37. The van der Waals surface area contributed by atoms with Gasteiger partial charge in [-0.05, 0) is 23.7 Å². The molecule has 2 nitrogen and oxygen atoms in total. The largest absolute Gasteiger partial charge is 0.486 e. The van der Waals surface area contributed by atoms with E-state index < -0.39 is 0 Å². The van der Waals surface area contributed by atoms with E-state index in [1.54, 1.807) is 0 Å². The van der Waals surface area contributed by atoms with Gasteiger partial charge in [-0.3, -0.25) is 0 Å². The van der Waals surface area contributed by atoms with Crippen molar-refractivity contribution in [1.29, 1.82) is 0 Å². The summed E-state index contributed by atoms with van der Waals surface area (Å²) >= 11 is 2.00. The van der Waals surface area contributed by atoms with Crippen molar-refractivity contribution in [2.45, 2.75) is 38.3 Å². The molecule has 0 bridgehead atoms. The highest BCUT2D eigenvalue weighted by molar-refractivity contribution is 7.99. The summed E-state index contributed by atoms with van der Waals surface area (Å²) < 4.78 is 6.37. The molecule has 0 amide bonds. The Balaban J connectivity index is 1.93. The van der Waals surface area contributed by atoms with Gasteiger partial charge in [0.05, 0.1) is 0 Å². The van der Waals surface area contributed by atoms with Crippen molar-refractivity contribution in [1.82, 2.24) is 0 Å². The number of fused-ring (bicyclic) bond motifs is 1. The third-order valence-electron chi connectivity index (χ3n) is 3.90. The summed E-state index contributed by atoms with van der Waals surface area (Å²) in [5.74, 6) is 3.28. The molecule has 2 heterocycles. The van der Waals surface area contributed by atoms with E-state index in [1.165, 1.54) is 5.75 Å². The summed E-state index contributed by atoms with van der Waals surface area (Å²) in [4.78, 5) is 0. The smallest absolute Gasteiger partial charge is 0.124 e. The number of benzene rings is 1. The van der Waals surface area contributed by atoms with Crippen LogP contribution in [-0.2, 0) is 0 Å². The minimum absolute atomic E-state index is 0.0554. The molecule has 18 heavy (non-hydrogen) atoms.